The number of thiophene rings is 1. The van der Waals surface area contributed by atoms with E-state index in [9.17, 15) is 4.79 Å². The predicted molar refractivity (Wildman–Crippen MR) is 132 cm³/mol. The molecule has 0 aliphatic carbocycles. The maximum atomic E-state index is 13.3. The molecule has 6 heteroatoms. The van der Waals surface area contributed by atoms with Crippen LogP contribution in [0.15, 0.2) is 54.7 Å². The van der Waals surface area contributed by atoms with E-state index in [1.165, 1.54) is 25.9 Å². The van der Waals surface area contributed by atoms with Gasteiger partial charge in [-0.25, -0.2) is 0 Å². The molecule has 3 heterocycles. The first kappa shape index (κ1) is 20.9. The number of ether oxygens (including phenoxy) is 1. The fourth-order valence-corrected chi connectivity index (χ4v) is 5.72. The van der Waals surface area contributed by atoms with Crippen LogP contribution in [-0.4, -0.2) is 49.1 Å². The fraction of sp³-hybridized carbons (Fsp3) is 0.308. The number of hydrogen-bond donors (Lipinski definition) is 1. The van der Waals surface area contributed by atoms with Crippen LogP contribution in [-0.2, 0) is 0 Å². The van der Waals surface area contributed by atoms with Gasteiger partial charge < -0.3 is 15.0 Å². The summed E-state index contributed by atoms with van der Waals surface area (Å²) in [6.45, 7) is 4.11. The van der Waals surface area contributed by atoms with E-state index in [1.807, 2.05) is 42.6 Å². The minimum Gasteiger partial charge on any atom is -0.497 e. The molecule has 1 amide bonds. The van der Waals surface area contributed by atoms with Crippen molar-refractivity contribution in [2.75, 3.05) is 33.3 Å². The molecular weight excluding hydrogens is 418 g/mol. The van der Waals surface area contributed by atoms with Gasteiger partial charge in [0.05, 0.1) is 12.6 Å². The average Bonchev–Trinajstić information content (AvgIpc) is 3.50. The van der Waals surface area contributed by atoms with Gasteiger partial charge in [0.1, 0.15) is 10.6 Å². The lowest BCUT2D eigenvalue weighted by Gasteiger charge is -2.14. The Bertz CT molecular complexity index is 1250. The van der Waals surface area contributed by atoms with Gasteiger partial charge in [-0.1, -0.05) is 30.3 Å². The van der Waals surface area contributed by atoms with Crippen molar-refractivity contribution in [3.8, 4) is 16.9 Å². The molecule has 164 valence electrons. The second-order valence-electron chi connectivity index (χ2n) is 8.21. The summed E-state index contributed by atoms with van der Waals surface area (Å²) in [7, 11) is 1.67. The maximum Gasteiger partial charge on any atom is 0.262 e. The molecule has 1 aliphatic rings. The Morgan fingerprint density at radius 2 is 1.94 bits per heavy atom. The Morgan fingerprint density at radius 1 is 1.12 bits per heavy atom. The molecule has 0 unspecified atom stereocenters. The SMILES string of the molecule is COc1ccc2ncc3c(-c4ccccc4)c(C(=O)NCCCN4CCCC4)sc3c2c1. The number of amides is 1. The van der Waals surface area contributed by atoms with Gasteiger partial charge in [0.25, 0.3) is 5.91 Å². The third kappa shape index (κ3) is 4.08. The smallest absolute Gasteiger partial charge is 0.262 e. The average molecular weight is 446 g/mol. The van der Waals surface area contributed by atoms with Crippen molar-refractivity contribution in [3.63, 3.8) is 0 Å². The Hall–Kier alpha value is -2.96. The maximum absolute atomic E-state index is 13.3. The van der Waals surface area contributed by atoms with Crippen LogP contribution in [0.2, 0.25) is 0 Å². The van der Waals surface area contributed by atoms with E-state index >= 15 is 0 Å². The third-order valence-corrected chi connectivity index (χ3v) is 7.37. The minimum absolute atomic E-state index is 0.0116. The van der Waals surface area contributed by atoms with Gasteiger partial charge in [-0.15, -0.1) is 11.3 Å². The van der Waals surface area contributed by atoms with Crippen LogP contribution in [0.4, 0.5) is 0 Å². The van der Waals surface area contributed by atoms with Crippen molar-refractivity contribution in [2.45, 2.75) is 19.3 Å². The minimum atomic E-state index is -0.0116. The number of methoxy groups -OCH3 is 1. The second kappa shape index (κ2) is 9.27. The first-order valence-electron chi connectivity index (χ1n) is 11.2. The molecule has 0 atom stereocenters. The number of rotatable bonds is 7. The topological polar surface area (TPSA) is 54.5 Å². The zero-order chi connectivity index (χ0) is 21.9. The number of carbonyl (C=O) groups excluding carboxylic acids is 1. The number of fused-ring (bicyclic) bond motifs is 3. The van der Waals surface area contributed by atoms with Crippen LogP contribution in [0, 0.1) is 0 Å². The Morgan fingerprint density at radius 3 is 2.72 bits per heavy atom. The molecule has 0 radical (unpaired) electrons. The standard InChI is InChI=1S/C26H27N3O2S/c1-31-19-10-11-22-20(16-19)24-21(17-28-22)23(18-8-3-2-4-9-18)25(32-24)26(30)27-12-7-15-29-13-5-6-14-29/h2-4,8-11,16-17H,5-7,12-15H2,1H3,(H,27,30). The molecule has 1 N–H and O–H groups in total. The number of aromatic nitrogens is 1. The summed E-state index contributed by atoms with van der Waals surface area (Å²) in [6.07, 6.45) is 5.45. The number of benzene rings is 2. The molecule has 0 saturated carbocycles. The highest BCUT2D eigenvalue weighted by Gasteiger charge is 2.21. The van der Waals surface area contributed by atoms with E-state index in [4.69, 9.17) is 4.74 Å². The lowest BCUT2D eigenvalue weighted by atomic mass is 10.0. The van der Waals surface area contributed by atoms with Crippen LogP contribution in [0.25, 0.3) is 32.1 Å². The molecule has 5 rings (SSSR count). The Labute approximate surface area is 192 Å². The summed E-state index contributed by atoms with van der Waals surface area (Å²) >= 11 is 1.54. The number of pyridine rings is 1. The van der Waals surface area contributed by atoms with Gasteiger partial charge in [-0.2, -0.15) is 0 Å². The number of nitrogens with one attached hydrogen (secondary N) is 1. The lowest BCUT2D eigenvalue weighted by Crippen LogP contribution is -2.28. The van der Waals surface area contributed by atoms with E-state index in [0.29, 0.717) is 6.54 Å². The summed E-state index contributed by atoms with van der Waals surface area (Å²) in [5.41, 5.74) is 2.89. The molecule has 5 nitrogen and oxygen atoms in total. The molecule has 4 aromatic rings. The van der Waals surface area contributed by atoms with Crippen LogP contribution >= 0.6 is 11.3 Å². The lowest BCUT2D eigenvalue weighted by molar-refractivity contribution is 0.0956. The van der Waals surface area contributed by atoms with Crippen molar-refractivity contribution in [2.24, 2.45) is 0 Å². The van der Waals surface area contributed by atoms with Crippen molar-refractivity contribution < 1.29 is 9.53 Å². The zero-order valence-corrected chi connectivity index (χ0v) is 19.1. The monoisotopic (exact) mass is 445 g/mol. The van der Waals surface area contributed by atoms with Crippen molar-refractivity contribution >= 4 is 38.2 Å². The summed E-state index contributed by atoms with van der Waals surface area (Å²) in [5.74, 6) is 0.775. The first-order chi connectivity index (χ1) is 15.7. The van der Waals surface area contributed by atoms with Crippen molar-refractivity contribution in [3.05, 3.63) is 59.6 Å². The zero-order valence-electron chi connectivity index (χ0n) is 18.3. The number of likely N-dealkylation sites (tertiary alicyclic amines) is 1. The molecule has 1 aliphatic heterocycles. The van der Waals surface area contributed by atoms with E-state index in [2.05, 4.69) is 27.3 Å². The van der Waals surface area contributed by atoms with Gasteiger partial charge in [-0.05, 0) is 62.7 Å². The van der Waals surface area contributed by atoms with E-state index in [-0.39, 0.29) is 5.91 Å². The van der Waals surface area contributed by atoms with Crippen LogP contribution < -0.4 is 10.1 Å². The summed E-state index contributed by atoms with van der Waals surface area (Å²) < 4.78 is 6.51. The third-order valence-electron chi connectivity index (χ3n) is 6.13. The highest BCUT2D eigenvalue weighted by molar-refractivity contribution is 7.22. The normalized spacial score (nSPS) is 14.3. The molecule has 1 fully saturated rings. The molecule has 32 heavy (non-hydrogen) atoms. The largest absolute Gasteiger partial charge is 0.497 e. The number of hydrogen-bond acceptors (Lipinski definition) is 5. The second-order valence-corrected chi connectivity index (χ2v) is 9.24. The predicted octanol–water partition coefficient (Wildman–Crippen LogP) is 5.34. The van der Waals surface area contributed by atoms with Gasteiger partial charge in [-0.3, -0.25) is 9.78 Å². The van der Waals surface area contributed by atoms with Gasteiger partial charge >= 0.3 is 0 Å². The molecule has 2 aromatic carbocycles. The Kier molecular flexibility index (Phi) is 6.06. The highest BCUT2D eigenvalue weighted by atomic mass is 32.1. The molecule has 0 spiro atoms. The van der Waals surface area contributed by atoms with Crippen molar-refractivity contribution in [1.29, 1.82) is 0 Å². The Balaban J connectivity index is 1.51. The number of nitrogens with zero attached hydrogens (tertiary/aromatic N) is 2. The van der Waals surface area contributed by atoms with E-state index in [0.717, 1.165) is 55.7 Å². The van der Waals surface area contributed by atoms with Gasteiger partial charge in [0.15, 0.2) is 0 Å². The van der Waals surface area contributed by atoms with Crippen molar-refractivity contribution in [1.82, 2.24) is 15.2 Å². The molecule has 2 aromatic heterocycles. The van der Waals surface area contributed by atoms with Crippen LogP contribution in [0.3, 0.4) is 0 Å². The highest BCUT2D eigenvalue weighted by Crippen LogP contribution is 2.42. The summed E-state index contributed by atoms with van der Waals surface area (Å²) in [5, 5.41) is 5.18. The number of carbonyl (C=O) groups is 1. The first-order valence-corrected chi connectivity index (χ1v) is 12.0. The van der Waals surface area contributed by atoms with Crippen LogP contribution in [0.5, 0.6) is 5.75 Å². The van der Waals surface area contributed by atoms with Crippen LogP contribution in [0.1, 0.15) is 28.9 Å². The van der Waals surface area contributed by atoms with Gasteiger partial charge in [0, 0.05) is 33.8 Å². The molecule has 1 saturated heterocycles. The van der Waals surface area contributed by atoms with E-state index in [1.54, 1.807) is 18.4 Å². The summed E-state index contributed by atoms with van der Waals surface area (Å²) in [4.78, 5) is 21.2. The summed E-state index contributed by atoms with van der Waals surface area (Å²) in [6, 6.07) is 16.0. The van der Waals surface area contributed by atoms with Gasteiger partial charge in [0.2, 0.25) is 0 Å². The van der Waals surface area contributed by atoms with E-state index < -0.39 is 0 Å². The molecular formula is C26H27N3O2S. The fourth-order valence-electron chi connectivity index (χ4n) is 4.48. The quantitative estimate of drug-likeness (QED) is 0.390. The molecule has 0 bridgehead atoms.